The summed E-state index contributed by atoms with van der Waals surface area (Å²) in [7, 11) is 0. The molecule has 1 amide bonds. The Morgan fingerprint density at radius 1 is 1.04 bits per heavy atom. The maximum atomic E-state index is 14.0. The van der Waals surface area contributed by atoms with Gasteiger partial charge in [-0.05, 0) is 36.6 Å². The second-order valence-electron chi connectivity index (χ2n) is 6.45. The monoisotopic (exact) mass is 373 g/mol. The third kappa shape index (κ3) is 3.87. The molecule has 0 radical (unpaired) electrons. The molecule has 130 valence electrons. The van der Waals surface area contributed by atoms with Gasteiger partial charge in [0.15, 0.2) is 0 Å². The Bertz CT molecular complexity index is 755. The van der Waals surface area contributed by atoms with Gasteiger partial charge < -0.3 is 4.90 Å². The summed E-state index contributed by atoms with van der Waals surface area (Å²) in [4.78, 5) is 14.8. The van der Waals surface area contributed by atoms with Crippen molar-refractivity contribution in [3.63, 3.8) is 0 Å². The molecule has 0 unspecified atom stereocenters. The van der Waals surface area contributed by atoms with Crippen LogP contribution in [0.15, 0.2) is 48.5 Å². The first-order chi connectivity index (χ1) is 12.2. The van der Waals surface area contributed by atoms with E-state index in [1.807, 2.05) is 46.6 Å². The molecule has 1 saturated carbocycles. The highest BCUT2D eigenvalue weighted by molar-refractivity contribution is 8.19. The van der Waals surface area contributed by atoms with Crippen molar-refractivity contribution in [1.82, 2.24) is 4.90 Å². The van der Waals surface area contributed by atoms with Gasteiger partial charge in [-0.3, -0.25) is 4.79 Å². The maximum Gasteiger partial charge on any atom is 0.254 e. The molecular weight excluding hydrogens is 353 g/mol. The molecule has 2 aromatic rings. The van der Waals surface area contributed by atoms with Crippen LogP contribution in [0.25, 0.3) is 0 Å². The number of hydrogen-bond acceptors (Lipinski definition) is 3. The molecule has 0 bridgehead atoms. The molecule has 0 atom stereocenters. The molecule has 5 heteroatoms. The fraction of sp³-hybridized carbons (Fsp3) is 0.350. The Kier molecular flexibility index (Phi) is 5.04. The molecule has 1 aliphatic heterocycles. The lowest BCUT2D eigenvalue weighted by molar-refractivity contribution is 0.0728. The highest BCUT2D eigenvalue weighted by atomic mass is 32.2. The first kappa shape index (κ1) is 17.0. The van der Waals surface area contributed by atoms with Gasteiger partial charge in [0.2, 0.25) is 0 Å². The quantitative estimate of drug-likeness (QED) is 0.726. The zero-order valence-electron chi connectivity index (χ0n) is 13.9. The number of benzene rings is 2. The molecule has 2 nitrogen and oxygen atoms in total. The Balaban J connectivity index is 1.51. The fourth-order valence-electron chi connectivity index (χ4n) is 3.06. The SMILES string of the molecule is O=C(c1ccc(C2SCCS2)cc1)N(Cc1ccccc1F)C1CC1. The summed E-state index contributed by atoms with van der Waals surface area (Å²) >= 11 is 3.92. The highest BCUT2D eigenvalue weighted by Crippen LogP contribution is 2.45. The topological polar surface area (TPSA) is 20.3 Å². The van der Waals surface area contributed by atoms with Gasteiger partial charge in [-0.2, -0.15) is 0 Å². The van der Waals surface area contributed by atoms with Crippen molar-refractivity contribution >= 4 is 29.4 Å². The van der Waals surface area contributed by atoms with Crippen molar-refractivity contribution in [2.45, 2.75) is 30.0 Å². The lowest BCUT2D eigenvalue weighted by atomic mass is 10.1. The van der Waals surface area contributed by atoms with Gasteiger partial charge in [-0.1, -0.05) is 30.3 Å². The number of rotatable bonds is 5. The van der Waals surface area contributed by atoms with E-state index < -0.39 is 0 Å². The normalized spacial score (nSPS) is 17.6. The van der Waals surface area contributed by atoms with Crippen LogP contribution in [-0.4, -0.2) is 28.4 Å². The van der Waals surface area contributed by atoms with Crippen LogP contribution in [0.2, 0.25) is 0 Å². The van der Waals surface area contributed by atoms with Crippen molar-refractivity contribution in [1.29, 1.82) is 0 Å². The van der Waals surface area contributed by atoms with Gasteiger partial charge in [0.1, 0.15) is 5.82 Å². The minimum Gasteiger partial charge on any atom is -0.331 e. The van der Waals surface area contributed by atoms with Crippen molar-refractivity contribution in [3.05, 3.63) is 71.0 Å². The highest BCUT2D eigenvalue weighted by Gasteiger charge is 2.33. The fourth-order valence-corrected chi connectivity index (χ4v) is 5.92. The molecule has 4 rings (SSSR count). The minimum absolute atomic E-state index is 0.00373. The summed E-state index contributed by atoms with van der Waals surface area (Å²) in [6, 6.07) is 14.9. The second kappa shape index (κ2) is 7.42. The van der Waals surface area contributed by atoms with Crippen LogP contribution in [0.4, 0.5) is 4.39 Å². The van der Waals surface area contributed by atoms with Crippen LogP contribution >= 0.6 is 23.5 Å². The third-order valence-electron chi connectivity index (χ3n) is 4.60. The van der Waals surface area contributed by atoms with Crippen molar-refractivity contribution in [2.75, 3.05) is 11.5 Å². The Morgan fingerprint density at radius 2 is 1.72 bits per heavy atom. The summed E-state index contributed by atoms with van der Waals surface area (Å²) in [5.41, 5.74) is 2.55. The van der Waals surface area contributed by atoms with E-state index in [0.29, 0.717) is 22.3 Å². The summed E-state index contributed by atoms with van der Waals surface area (Å²) in [5, 5.41) is 0. The molecule has 2 fully saturated rings. The molecule has 0 N–H and O–H groups in total. The number of thioether (sulfide) groups is 2. The number of carbonyl (C=O) groups is 1. The summed E-state index contributed by atoms with van der Waals surface area (Å²) in [6.07, 6.45) is 2.02. The molecule has 1 saturated heterocycles. The van der Waals surface area contributed by atoms with Gasteiger partial charge in [0, 0.05) is 35.2 Å². The zero-order valence-corrected chi connectivity index (χ0v) is 15.5. The molecule has 25 heavy (non-hydrogen) atoms. The van der Waals surface area contributed by atoms with E-state index in [-0.39, 0.29) is 17.8 Å². The molecular formula is C20H20FNOS2. The minimum atomic E-state index is -0.244. The van der Waals surface area contributed by atoms with Crippen molar-refractivity contribution in [2.24, 2.45) is 0 Å². The average molecular weight is 374 g/mol. The predicted octanol–water partition coefficient (Wildman–Crippen LogP) is 5.11. The lowest BCUT2D eigenvalue weighted by Crippen LogP contribution is -2.32. The summed E-state index contributed by atoms with van der Waals surface area (Å²) < 4.78 is 14.5. The largest absolute Gasteiger partial charge is 0.331 e. The number of nitrogens with zero attached hydrogens (tertiary/aromatic N) is 1. The molecule has 0 spiro atoms. The van der Waals surface area contributed by atoms with Crippen molar-refractivity contribution in [3.8, 4) is 0 Å². The predicted molar refractivity (Wildman–Crippen MR) is 103 cm³/mol. The first-order valence-corrected chi connectivity index (χ1v) is 10.7. The number of halogens is 1. The Morgan fingerprint density at radius 3 is 2.36 bits per heavy atom. The molecule has 2 aromatic carbocycles. The van der Waals surface area contributed by atoms with Gasteiger partial charge in [-0.15, -0.1) is 23.5 Å². The van der Waals surface area contributed by atoms with E-state index >= 15 is 0 Å². The zero-order chi connectivity index (χ0) is 17.2. The molecule has 2 aliphatic rings. The summed E-state index contributed by atoms with van der Waals surface area (Å²) in [5.74, 6) is 2.14. The van der Waals surface area contributed by atoms with Crippen LogP contribution in [-0.2, 0) is 6.54 Å². The Labute approximate surface area is 156 Å². The van der Waals surface area contributed by atoms with E-state index in [4.69, 9.17) is 0 Å². The maximum absolute atomic E-state index is 14.0. The van der Waals surface area contributed by atoms with E-state index in [1.165, 1.54) is 23.1 Å². The van der Waals surface area contributed by atoms with E-state index in [2.05, 4.69) is 12.1 Å². The van der Waals surface area contributed by atoms with Crippen molar-refractivity contribution < 1.29 is 9.18 Å². The third-order valence-corrected chi connectivity index (χ3v) is 7.70. The van der Waals surface area contributed by atoms with Crippen LogP contribution in [0, 0.1) is 5.82 Å². The van der Waals surface area contributed by atoms with Crippen LogP contribution in [0.1, 0.15) is 38.9 Å². The number of amides is 1. The van der Waals surface area contributed by atoms with Crippen LogP contribution in [0.3, 0.4) is 0 Å². The average Bonchev–Trinajstić information content (AvgIpc) is 3.33. The van der Waals surface area contributed by atoms with Crippen LogP contribution < -0.4 is 0 Å². The summed E-state index contributed by atoms with van der Waals surface area (Å²) in [6.45, 7) is 0.340. The van der Waals surface area contributed by atoms with Gasteiger partial charge in [-0.25, -0.2) is 4.39 Å². The van der Waals surface area contributed by atoms with Gasteiger partial charge in [0.25, 0.3) is 5.91 Å². The first-order valence-electron chi connectivity index (χ1n) is 8.60. The number of carbonyl (C=O) groups excluding carboxylic acids is 1. The van der Waals surface area contributed by atoms with Crippen LogP contribution in [0.5, 0.6) is 0 Å². The van der Waals surface area contributed by atoms with Gasteiger partial charge in [0.05, 0.1) is 4.58 Å². The number of hydrogen-bond donors (Lipinski definition) is 0. The standard InChI is InChI=1S/C20H20FNOS2/c21-18-4-2-1-3-16(18)13-22(17-9-10-17)19(23)14-5-7-15(8-6-14)20-24-11-12-25-20/h1-8,17,20H,9-13H2. The smallest absolute Gasteiger partial charge is 0.254 e. The van der Waals surface area contributed by atoms with E-state index in [9.17, 15) is 9.18 Å². The Hall–Kier alpha value is -1.46. The molecule has 1 heterocycles. The van der Waals surface area contributed by atoms with Gasteiger partial charge >= 0.3 is 0 Å². The lowest BCUT2D eigenvalue weighted by Gasteiger charge is -2.23. The molecule has 1 aliphatic carbocycles. The molecule has 0 aromatic heterocycles. The van der Waals surface area contributed by atoms with E-state index in [1.54, 1.807) is 12.1 Å². The van der Waals surface area contributed by atoms with E-state index in [0.717, 1.165) is 12.8 Å². The second-order valence-corrected chi connectivity index (χ2v) is 9.18.